The molecule has 0 amide bonds. The number of hydrogen-bond donors (Lipinski definition) is 0. The molecule has 0 spiro atoms. The number of alkyl halides is 4. The van der Waals surface area contributed by atoms with Crippen LogP contribution in [-0.4, -0.2) is 37.3 Å². The normalized spacial score (nSPS) is 44.2. The van der Waals surface area contributed by atoms with Gasteiger partial charge in [0.15, 0.2) is 12.2 Å². The Labute approximate surface area is 129 Å². The van der Waals surface area contributed by atoms with Crippen molar-refractivity contribution < 1.29 is 27.0 Å². The Morgan fingerprint density at radius 3 is 1.91 bits per heavy atom. The molecule has 3 aliphatic carbocycles. The van der Waals surface area contributed by atoms with Crippen molar-refractivity contribution in [1.82, 2.24) is 0 Å². The number of rotatable bonds is 3. The van der Waals surface area contributed by atoms with Crippen LogP contribution in [0.3, 0.4) is 0 Å². The smallest absolute Gasteiger partial charge is 0.341 e. The fourth-order valence-corrected chi connectivity index (χ4v) is 4.02. The van der Waals surface area contributed by atoms with Crippen molar-refractivity contribution in [3.63, 3.8) is 0 Å². The van der Waals surface area contributed by atoms with Gasteiger partial charge >= 0.3 is 11.8 Å². The molecule has 0 N–H and O–H groups in total. The average molecular weight is 326 g/mol. The van der Waals surface area contributed by atoms with Crippen LogP contribution in [0.4, 0.5) is 17.6 Å². The van der Waals surface area contributed by atoms with Gasteiger partial charge in [-0.05, 0) is 37.0 Å². The Bertz CT molecular complexity index is 386. The quantitative estimate of drug-likeness (QED) is 0.710. The minimum absolute atomic E-state index is 0.168. The van der Waals surface area contributed by atoms with Gasteiger partial charge in [-0.15, -0.1) is 0 Å². The van der Waals surface area contributed by atoms with Gasteiger partial charge in [0, 0.05) is 7.11 Å². The van der Waals surface area contributed by atoms with Crippen LogP contribution in [0.15, 0.2) is 0 Å². The summed E-state index contributed by atoms with van der Waals surface area (Å²) in [7, 11) is 1.02. The molecule has 6 heteroatoms. The first-order valence-electron chi connectivity index (χ1n) is 8.16. The highest BCUT2D eigenvalue weighted by atomic mass is 19.3. The molecule has 6 atom stereocenters. The van der Waals surface area contributed by atoms with Crippen molar-refractivity contribution in [2.75, 3.05) is 7.11 Å². The van der Waals surface area contributed by atoms with Gasteiger partial charge in [-0.25, -0.2) is 0 Å². The van der Waals surface area contributed by atoms with E-state index in [9.17, 15) is 17.6 Å². The van der Waals surface area contributed by atoms with Crippen LogP contribution in [0.1, 0.15) is 46.5 Å². The molecule has 0 aliphatic heterocycles. The maximum absolute atomic E-state index is 13.5. The number of fused-ring (bicyclic) bond motifs is 2. The van der Waals surface area contributed by atoms with E-state index in [0.717, 1.165) is 26.4 Å². The lowest BCUT2D eigenvalue weighted by Crippen LogP contribution is -2.75. The standard InChI is InChI=1S/C13H18F4O2.C3H8/c1-6-7-3-4-8(5-7)9(6)19-11-10(18-2)12(14,15)13(11,16)17;1-3-2/h6-11H,3-5H2,1-2H3;3H2,1-2H3. The van der Waals surface area contributed by atoms with Crippen molar-refractivity contribution >= 4 is 0 Å². The molecule has 0 aromatic heterocycles. The molecule has 0 aromatic rings. The average Bonchev–Trinajstić information content (AvgIpc) is 3.01. The summed E-state index contributed by atoms with van der Waals surface area (Å²) in [4.78, 5) is 0. The Balaban J connectivity index is 0.000000545. The van der Waals surface area contributed by atoms with Gasteiger partial charge in [0.1, 0.15) is 0 Å². The third-order valence-corrected chi connectivity index (χ3v) is 5.23. The van der Waals surface area contributed by atoms with Gasteiger partial charge in [-0.3, -0.25) is 0 Å². The van der Waals surface area contributed by atoms with Crippen molar-refractivity contribution in [3.05, 3.63) is 0 Å². The van der Waals surface area contributed by atoms with E-state index in [2.05, 4.69) is 18.6 Å². The molecule has 2 bridgehead atoms. The predicted octanol–water partition coefficient (Wildman–Crippen LogP) is 4.52. The van der Waals surface area contributed by atoms with Crippen molar-refractivity contribution in [3.8, 4) is 0 Å². The molecule has 130 valence electrons. The van der Waals surface area contributed by atoms with Crippen LogP contribution < -0.4 is 0 Å². The summed E-state index contributed by atoms with van der Waals surface area (Å²) < 4.78 is 63.4. The van der Waals surface area contributed by atoms with Crippen LogP contribution in [0.5, 0.6) is 0 Å². The van der Waals surface area contributed by atoms with Crippen LogP contribution in [0.25, 0.3) is 0 Å². The number of halogens is 4. The number of hydrogen-bond acceptors (Lipinski definition) is 2. The van der Waals surface area contributed by atoms with Gasteiger partial charge in [0.25, 0.3) is 0 Å². The summed E-state index contributed by atoms with van der Waals surface area (Å²) in [5.74, 6) is -7.36. The lowest BCUT2D eigenvalue weighted by molar-refractivity contribution is -0.404. The Morgan fingerprint density at radius 1 is 0.955 bits per heavy atom. The van der Waals surface area contributed by atoms with Crippen LogP contribution >= 0.6 is 0 Å². The Kier molecular flexibility index (Phi) is 5.12. The van der Waals surface area contributed by atoms with Crippen molar-refractivity contribution in [2.24, 2.45) is 17.8 Å². The zero-order valence-corrected chi connectivity index (χ0v) is 13.6. The predicted molar refractivity (Wildman–Crippen MR) is 75.3 cm³/mol. The molecular weight excluding hydrogens is 300 g/mol. The van der Waals surface area contributed by atoms with Gasteiger partial charge < -0.3 is 9.47 Å². The highest BCUT2D eigenvalue weighted by Gasteiger charge is 2.81. The zero-order chi connectivity index (χ0) is 16.7. The summed E-state index contributed by atoms with van der Waals surface area (Å²) in [6.45, 7) is 6.21. The van der Waals surface area contributed by atoms with Crippen LogP contribution in [0, 0.1) is 17.8 Å². The first-order valence-corrected chi connectivity index (χ1v) is 8.16. The molecule has 3 rings (SSSR count). The monoisotopic (exact) mass is 326 g/mol. The second-order valence-corrected chi connectivity index (χ2v) is 6.82. The maximum Gasteiger partial charge on any atom is 0.341 e. The third kappa shape index (κ3) is 2.56. The Morgan fingerprint density at radius 2 is 1.45 bits per heavy atom. The fraction of sp³-hybridized carbons (Fsp3) is 1.00. The number of methoxy groups -OCH3 is 1. The maximum atomic E-state index is 13.5. The summed E-state index contributed by atoms with van der Waals surface area (Å²) >= 11 is 0. The first-order chi connectivity index (χ1) is 10.2. The van der Waals surface area contributed by atoms with Crippen molar-refractivity contribution in [2.45, 2.75) is 76.6 Å². The topological polar surface area (TPSA) is 18.5 Å². The van der Waals surface area contributed by atoms with E-state index in [4.69, 9.17) is 4.74 Å². The van der Waals surface area contributed by atoms with Gasteiger partial charge in [0.2, 0.25) is 0 Å². The summed E-state index contributed by atoms with van der Waals surface area (Å²) in [6.07, 6.45) is 0.275. The lowest BCUT2D eigenvalue weighted by Gasteiger charge is -2.50. The van der Waals surface area contributed by atoms with E-state index in [1.54, 1.807) is 0 Å². The third-order valence-electron chi connectivity index (χ3n) is 5.23. The second-order valence-electron chi connectivity index (χ2n) is 6.82. The molecule has 3 aliphatic rings. The summed E-state index contributed by atoms with van der Waals surface area (Å²) in [5, 5.41) is 0. The molecule has 2 nitrogen and oxygen atoms in total. The summed E-state index contributed by atoms with van der Waals surface area (Å²) in [5.41, 5.74) is 0. The highest BCUT2D eigenvalue weighted by molar-refractivity contribution is 5.14. The van der Waals surface area contributed by atoms with Gasteiger partial charge in [-0.1, -0.05) is 27.2 Å². The van der Waals surface area contributed by atoms with E-state index in [1.807, 2.05) is 6.92 Å². The van der Waals surface area contributed by atoms with E-state index < -0.39 is 24.1 Å². The second kappa shape index (κ2) is 6.27. The molecular formula is C16H26F4O2. The highest BCUT2D eigenvalue weighted by Crippen LogP contribution is 2.57. The largest absolute Gasteiger partial charge is 0.372 e. The van der Waals surface area contributed by atoms with E-state index >= 15 is 0 Å². The minimum Gasteiger partial charge on any atom is -0.372 e. The van der Waals surface area contributed by atoms with E-state index in [0.29, 0.717) is 5.92 Å². The molecule has 3 fully saturated rings. The lowest BCUT2D eigenvalue weighted by atomic mass is 9.80. The van der Waals surface area contributed by atoms with Crippen molar-refractivity contribution in [1.29, 1.82) is 0 Å². The fourth-order valence-electron chi connectivity index (χ4n) is 4.02. The first kappa shape index (κ1) is 18.0. The molecule has 3 saturated carbocycles. The number of ether oxygens (including phenoxy) is 2. The van der Waals surface area contributed by atoms with Crippen LogP contribution in [-0.2, 0) is 9.47 Å². The SMILES string of the molecule is CCC.COC1C(OC2C3CCC(C3)C2C)C(F)(F)C1(F)F. The van der Waals surface area contributed by atoms with Gasteiger partial charge in [0.05, 0.1) is 6.10 Å². The molecule has 22 heavy (non-hydrogen) atoms. The molecule has 0 heterocycles. The molecule has 0 saturated heterocycles. The van der Waals surface area contributed by atoms with E-state index in [-0.39, 0.29) is 17.9 Å². The zero-order valence-electron chi connectivity index (χ0n) is 13.6. The molecule has 0 radical (unpaired) electrons. The molecule has 6 unspecified atom stereocenters. The minimum atomic E-state index is -4.13. The van der Waals surface area contributed by atoms with Crippen LogP contribution in [0.2, 0.25) is 0 Å². The van der Waals surface area contributed by atoms with E-state index in [1.165, 1.54) is 6.42 Å². The Hall–Kier alpha value is -0.360. The van der Waals surface area contributed by atoms with Gasteiger partial charge in [-0.2, -0.15) is 17.6 Å². The molecule has 0 aromatic carbocycles. The summed E-state index contributed by atoms with van der Waals surface area (Å²) in [6, 6.07) is 0.